The van der Waals surface area contributed by atoms with Crippen LogP contribution in [0.25, 0.3) is 11.4 Å². The minimum atomic E-state index is 0. The first-order valence-corrected chi connectivity index (χ1v) is 19.6. The largest absolute Gasteiger partial charge is 0.454 e. The Labute approximate surface area is 327 Å². The van der Waals surface area contributed by atoms with Crippen LogP contribution < -0.4 is 4.90 Å². The van der Waals surface area contributed by atoms with E-state index < -0.39 is 0 Å². The van der Waals surface area contributed by atoms with Crippen molar-refractivity contribution in [3.63, 3.8) is 0 Å². The number of hydrogen-bond donors (Lipinski definition) is 0. The number of hydrogen-bond acceptors (Lipinski definition) is 3. The molecule has 3 aromatic carbocycles. The van der Waals surface area contributed by atoms with Gasteiger partial charge in [0.25, 0.3) is 0 Å². The van der Waals surface area contributed by atoms with E-state index in [1.54, 1.807) is 0 Å². The Balaban J connectivity index is 0.00000464. The minimum absolute atomic E-state index is 0. The van der Waals surface area contributed by atoms with Crippen LogP contribution in [0.2, 0.25) is 0 Å². The average molecular weight is 874 g/mol. The molecule has 278 valence electrons. The second kappa shape index (κ2) is 16.3. The molecule has 0 aliphatic heterocycles. The van der Waals surface area contributed by atoms with Crippen LogP contribution in [0, 0.1) is 41.1 Å². The van der Waals surface area contributed by atoms with Gasteiger partial charge in [0.2, 0.25) is 0 Å². The molecule has 0 saturated heterocycles. The summed E-state index contributed by atoms with van der Waals surface area (Å²) in [6, 6.07) is 30.7. The molecule has 6 heteroatoms. The summed E-state index contributed by atoms with van der Waals surface area (Å²) < 4.78 is 4.05. The Morgan fingerprint density at radius 2 is 1.21 bits per heavy atom. The van der Waals surface area contributed by atoms with Gasteiger partial charge in [-0.3, -0.25) is 4.68 Å². The van der Waals surface area contributed by atoms with Crippen LogP contribution in [0.4, 0.5) is 17.1 Å². The van der Waals surface area contributed by atoms with E-state index in [-0.39, 0.29) is 26.5 Å². The van der Waals surface area contributed by atoms with Crippen LogP contribution in [-0.2, 0) is 21.1 Å². The van der Waals surface area contributed by atoms with Gasteiger partial charge in [-0.05, 0) is 83.6 Å². The molecule has 0 amide bonds. The second-order valence-electron chi connectivity index (χ2n) is 16.7. The summed E-state index contributed by atoms with van der Waals surface area (Å²) in [5, 5.41) is 4.93. The fraction of sp³-hybridized carbons (Fsp3) is 0.478. The summed E-state index contributed by atoms with van der Waals surface area (Å²) in [5.74, 6) is 1.94. The first-order chi connectivity index (χ1) is 24.6. The van der Waals surface area contributed by atoms with Crippen molar-refractivity contribution in [2.45, 2.75) is 118 Å². The summed E-state index contributed by atoms with van der Waals surface area (Å²) in [7, 11) is 0. The van der Waals surface area contributed by atoms with Crippen molar-refractivity contribution in [1.29, 1.82) is 0 Å². The number of anilines is 3. The monoisotopic (exact) mass is 873 g/mol. The molecule has 2 saturated carbocycles. The summed E-state index contributed by atoms with van der Waals surface area (Å²) in [6.45, 7) is 14.4. The van der Waals surface area contributed by atoms with E-state index in [2.05, 4.69) is 150 Å². The fourth-order valence-corrected chi connectivity index (χ4v) is 10.1. The van der Waals surface area contributed by atoms with E-state index in [1.807, 2.05) is 9.25 Å². The SMILES string of the molecule is CC(C)C(c1cnn(-c2[c-]c(N(c3[c-]c(-n4[c-]nc(C(C(C)C)C5(C)CCCCC5)c4)ccc3)c3ccccc3)ccc2)c1)C1(C)CCCCC1.[Pt]. The molecule has 2 aromatic heterocycles. The van der Waals surface area contributed by atoms with Crippen molar-refractivity contribution in [2.24, 2.45) is 22.7 Å². The van der Waals surface area contributed by atoms with E-state index in [0.717, 1.165) is 34.1 Å². The predicted octanol–water partition coefficient (Wildman–Crippen LogP) is 12.3. The van der Waals surface area contributed by atoms with Crippen molar-refractivity contribution in [3.8, 4) is 11.4 Å². The summed E-state index contributed by atoms with van der Waals surface area (Å²) in [6.07, 6.45) is 23.0. The molecule has 2 atom stereocenters. The van der Waals surface area contributed by atoms with Gasteiger partial charge in [0.15, 0.2) is 0 Å². The third-order valence-electron chi connectivity index (χ3n) is 12.2. The molecule has 2 heterocycles. The maximum absolute atomic E-state index is 4.93. The Morgan fingerprint density at radius 1 is 0.654 bits per heavy atom. The first-order valence-electron chi connectivity index (χ1n) is 19.6. The molecule has 0 bridgehead atoms. The van der Waals surface area contributed by atoms with Crippen LogP contribution in [0.3, 0.4) is 0 Å². The smallest absolute Gasteiger partial charge is 0.0528 e. The molecular formula is C46H56N5Pt-3. The van der Waals surface area contributed by atoms with Crippen molar-refractivity contribution in [2.75, 3.05) is 4.90 Å². The van der Waals surface area contributed by atoms with Crippen molar-refractivity contribution in [1.82, 2.24) is 19.3 Å². The minimum Gasteiger partial charge on any atom is -0.454 e. The normalized spacial score (nSPS) is 18.2. The van der Waals surface area contributed by atoms with E-state index >= 15 is 0 Å². The van der Waals surface area contributed by atoms with Gasteiger partial charge >= 0.3 is 0 Å². The number of rotatable bonds is 11. The van der Waals surface area contributed by atoms with Gasteiger partial charge in [0, 0.05) is 39.3 Å². The number of aromatic nitrogens is 4. The number of nitrogens with zero attached hydrogens (tertiary/aromatic N) is 5. The zero-order valence-electron chi connectivity index (χ0n) is 32.0. The Hall–Kier alpha value is -3.43. The van der Waals surface area contributed by atoms with Crippen LogP contribution in [-0.4, -0.2) is 19.3 Å². The zero-order valence-corrected chi connectivity index (χ0v) is 34.3. The van der Waals surface area contributed by atoms with Gasteiger partial charge in [-0.1, -0.05) is 122 Å². The molecule has 2 aliphatic carbocycles. The van der Waals surface area contributed by atoms with Gasteiger partial charge in [-0.15, -0.1) is 24.3 Å². The molecule has 2 fully saturated rings. The Morgan fingerprint density at radius 3 is 1.81 bits per heavy atom. The summed E-state index contributed by atoms with van der Waals surface area (Å²) in [5.41, 5.74) is 7.83. The van der Waals surface area contributed by atoms with Gasteiger partial charge in [-0.2, -0.15) is 35.1 Å². The molecule has 52 heavy (non-hydrogen) atoms. The fourth-order valence-electron chi connectivity index (χ4n) is 10.1. The summed E-state index contributed by atoms with van der Waals surface area (Å²) >= 11 is 0. The van der Waals surface area contributed by atoms with E-state index in [4.69, 9.17) is 10.1 Å². The molecule has 0 radical (unpaired) electrons. The van der Waals surface area contributed by atoms with Crippen molar-refractivity contribution < 1.29 is 21.1 Å². The molecule has 0 N–H and O–H groups in total. The van der Waals surface area contributed by atoms with Crippen molar-refractivity contribution in [3.05, 3.63) is 115 Å². The van der Waals surface area contributed by atoms with Crippen LogP contribution >= 0.6 is 0 Å². The van der Waals surface area contributed by atoms with Crippen molar-refractivity contribution >= 4 is 17.1 Å². The molecular weight excluding hydrogens is 818 g/mol. The standard InChI is InChI=1S/C46H56N5.Pt/c1-34(2)43(45(5)24-12-8-13-25-45)36-30-48-50(31-36)39-21-17-23-41(29-39)51(37-18-10-7-11-19-37)40-22-16-20-38(28-40)49-32-42(47-33-49)44(35(3)4)46(6)26-14-9-15-27-46;/h7,10-11,16-23,30-32,34-35,43-44H,8-9,12-15,24-27H2,1-6H3;/q-3;. The third-order valence-corrected chi connectivity index (χ3v) is 12.2. The van der Waals surface area contributed by atoms with Gasteiger partial charge in [0.1, 0.15) is 0 Å². The molecule has 0 spiro atoms. The van der Waals surface area contributed by atoms with Crippen LogP contribution in [0.15, 0.2) is 85.3 Å². The van der Waals surface area contributed by atoms with Crippen LogP contribution in [0.1, 0.15) is 129 Å². The van der Waals surface area contributed by atoms with E-state index in [1.165, 1.54) is 69.8 Å². The average Bonchev–Trinajstić information content (AvgIpc) is 3.80. The molecule has 5 aromatic rings. The summed E-state index contributed by atoms with van der Waals surface area (Å²) in [4.78, 5) is 7.15. The number of para-hydroxylation sites is 1. The maximum Gasteiger partial charge on any atom is 0.0528 e. The Bertz CT molecular complexity index is 1760. The van der Waals surface area contributed by atoms with Crippen LogP contribution in [0.5, 0.6) is 0 Å². The molecule has 2 aliphatic rings. The van der Waals surface area contributed by atoms with Gasteiger partial charge in [0.05, 0.1) is 6.20 Å². The second-order valence-corrected chi connectivity index (χ2v) is 16.7. The quantitative estimate of drug-likeness (QED) is 0.124. The first kappa shape index (κ1) is 38.3. The predicted molar refractivity (Wildman–Crippen MR) is 209 cm³/mol. The van der Waals surface area contributed by atoms with Gasteiger partial charge in [-0.25, -0.2) is 0 Å². The number of imidazole rings is 1. The maximum atomic E-state index is 4.93. The van der Waals surface area contributed by atoms with E-state index in [9.17, 15) is 0 Å². The number of benzene rings is 3. The van der Waals surface area contributed by atoms with E-state index in [0.29, 0.717) is 29.1 Å². The molecule has 5 nitrogen and oxygen atoms in total. The molecule has 2 unspecified atom stereocenters. The molecule has 7 rings (SSSR count). The zero-order chi connectivity index (χ0) is 35.6. The van der Waals surface area contributed by atoms with Gasteiger partial charge < -0.3 is 14.5 Å². The Kier molecular flexibility index (Phi) is 12.0. The third kappa shape index (κ3) is 7.91. The topological polar surface area (TPSA) is 38.9 Å².